The minimum atomic E-state index is -0.265. The smallest absolute Gasteiger partial charge is 0.257 e. The molecule has 1 heterocycles. The highest BCUT2D eigenvalue weighted by Gasteiger charge is 2.11. The molecule has 0 saturated carbocycles. The molecule has 138 valence electrons. The number of pyridine rings is 1. The molecule has 6 nitrogen and oxygen atoms in total. The van der Waals surface area contributed by atoms with Crippen LogP contribution in [0, 0.1) is 0 Å². The zero-order chi connectivity index (χ0) is 19.1. The van der Waals surface area contributed by atoms with Gasteiger partial charge in [-0.25, -0.2) is 0 Å². The average Bonchev–Trinajstić information content (AvgIpc) is 2.70. The second-order valence-corrected chi connectivity index (χ2v) is 5.67. The van der Waals surface area contributed by atoms with Crippen molar-refractivity contribution in [3.05, 3.63) is 72.6 Å². The minimum Gasteiger partial charge on any atom is -0.495 e. The fourth-order valence-corrected chi connectivity index (χ4v) is 2.58. The maximum Gasteiger partial charge on any atom is 0.257 e. The Balaban J connectivity index is 1.78. The number of nitrogens with zero attached hydrogens (tertiary/aromatic N) is 1. The number of aromatic nitrogens is 1. The van der Waals surface area contributed by atoms with Crippen molar-refractivity contribution in [3.63, 3.8) is 0 Å². The molecular weight excluding hydrogens is 342 g/mol. The van der Waals surface area contributed by atoms with E-state index in [1.54, 1.807) is 25.4 Å². The van der Waals surface area contributed by atoms with Crippen molar-refractivity contribution < 1.29 is 14.3 Å². The lowest BCUT2D eigenvalue weighted by molar-refractivity contribution is 0.102. The van der Waals surface area contributed by atoms with Crippen LogP contribution in [0.2, 0.25) is 0 Å². The maximum absolute atomic E-state index is 12.6. The van der Waals surface area contributed by atoms with Gasteiger partial charge in [-0.15, -0.1) is 0 Å². The van der Waals surface area contributed by atoms with Crippen LogP contribution in [-0.4, -0.2) is 24.6 Å². The molecule has 0 bridgehead atoms. The summed E-state index contributed by atoms with van der Waals surface area (Å²) in [5.41, 5.74) is 2.53. The Morgan fingerprint density at radius 3 is 2.44 bits per heavy atom. The summed E-state index contributed by atoms with van der Waals surface area (Å²) in [6.45, 7) is 2.42. The Labute approximate surface area is 158 Å². The van der Waals surface area contributed by atoms with Crippen LogP contribution in [0.5, 0.6) is 11.5 Å². The molecule has 0 aliphatic carbocycles. The Hall–Kier alpha value is -3.54. The number of carbonyl (C=O) groups excluding carboxylic acids is 1. The quantitative estimate of drug-likeness (QED) is 0.647. The number of para-hydroxylation sites is 4. The van der Waals surface area contributed by atoms with Gasteiger partial charge in [-0.2, -0.15) is 0 Å². The van der Waals surface area contributed by atoms with E-state index in [-0.39, 0.29) is 5.91 Å². The molecule has 1 amide bonds. The van der Waals surface area contributed by atoms with E-state index in [1.165, 1.54) is 6.20 Å². The average molecular weight is 363 g/mol. The van der Waals surface area contributed by atoms with Crippen LogP contribution in [-0.2, 0) is 0 Å². The van der Waals surface area contributed by atoms with Crippen molar-refractivity contribution in [3.8, 4) is 11.5 Å². The first-order valence-corrected chi connectivity index (χ1v) is 8.59. The molecule has 1 aromatic heterocycles. The van der Waals surface area contributed by atoms with Crippen molar-refractivity contribution in [1.82, 2.24) is 4.98 Å². The Kier molecular flexibility index (Phi) is 5.89. The molecule has 0 radical (unpaired) electrons. The van der Waals surface area contributed by atoms with Crippen LogP contribution in [0.3, 0.4) is 0 Å². The molecule has 0 atom stereocenters. The van der Waals surface area contributed by atoms with Crippen LogP contribution in [0.1, 0.15) is 17.3 Å². The van der Waals surface area contributed by atoms with E-state index in [1.807, 2.05) is 49.4 Å². The summed E-state index contributed by atoms with van der Waals surface area (Å²) < 4.78 is 10.9. The second kappa shape index (κ2) is 8.71. The highest BCUT2D eigenvalue weighted by molar-refractivity contribution is 6.05. The third kappa shape index (κ3) is 4.55. The van der Waals surface area contributed by atoms with E-state index in [0.29, 0.717) is 35.0 Å². The molecule has 2 aromatic carbocycles. The lowest BCUT2D eigenvalue weighted by Crippen LogP contribution is -2.13. The number of benzene rings is 2. The van der Waals surface area contributed by atoms with Gasteiger partial charge >= 0.3 is 0 Å². The lowest BCUT2D eigenvalue weighted by Gasteiger charge is -2.13. The predicted molar refractivity (Wildman–Crippen MR) is 106 cm³/mol. The van der Waals surface area contributed by atoms with Gasteiger partial charge in [0, 0.05) is 6.20 Å². The number of rotatable bonds is 7. The molecule has 2 N–H and O–H groups in total. The molecule has 27 heavy (non-hydrogen) atoms. The molecule has 0 aliphatic heterocycles. The van der Waals surface area contributed by atoms with Crippen LogP contribution >= 0.6 is 0 Å². The molecule has 0 spiro atoms. The van der Waals surface area contributed by atoms with Gasteiger partial charge in [0.1, 0.15) is 11.5 Å². The number of carbonyl (C=O) groups is 1. The van der Waals surface area contributed by atoms with Gasteiger partial charge in [-0.3, -0.25) is 9.78 Å². The number of amides is 1. The largest absolute Gasteiger partial charge is 0.495 e. The van der Waals surface area contributed by atoms with Crippen molar-refractivity contribution in [2.45, 2.75) is 6.92 Å². The molecule has 0 unspecified atom stereocenters. The van der Waals surface area contributed by atoms with E-state index in [2.05, 4.69) is 15.6 Å². The first-order valence-electron chi connectivity index (χ1n) is 8.59. The Bertz CT molecular complexity index is 928. The minimum absolute atomic E-state index is 0.265. The highest BCUT2D eigenvalue weighted by atomic mass is 16.5. The van der Waals surface area contributed by atoms with Crippen LogP contribution in [0.25, 0.3) is 0 Å². The molecule has 0 saturated heterocycles. The van der Waals surface area contributed by atoms with Gasteiger partial charge in [0.2, 0.25) is 0 Å². The topological polar surface area (TPSA) is 72.5 Å². The van der Waals surface area contributed by atoms with E-state index >= 15 is 0 Å². The summed E-state index contributed by atoms with van der Waals surface area (Å²) in [6.07, 6.45) is 3.17. The summed E-state index contributed by atoms with van der Waals surface area (Å²) in [7, 11) is 1.61. The van der Waals surface area contributed by atoms with Gasteiger partial charge in [0.15, 0.2) is 0 Å². The normalized spacial score (nSPS) is 10.1. The van der Waals surface area contributed by atoms with E-state index < -0.39 is 0 Å². The zero-order valence-electron chi connectivity index (χ0n) is 15.2. The summed E-state index contributed by atoms with van der Waals surface area (Å²) in [5.74, 6) is 1.07. The predicted octanol–water partition coefficient (Wildman–Crippen LogP) is 4.48. The highest BCUT2D eigenvalue weighted by Crippen LogP contribution is 2.27. The van der Waals surface area contributed by atoms with Gasteiger partial charge < -0.3 is 20.1 Å². The van der Waals surface area contributed by atoms with Crippen LogP contribution in [0.4, 0.5) is 17.1 Å². The summed E-state index contributed by atoms with van der Waals surface area (Å²) in [6, 6.07) is 16.6. The van der Waals surface area contributed by atoms with E-state index in [9.17, 15) is 4.79 Å². The second-order valence-electron chi connectivity index (χ2n) is 5.67. The van der Waals surface area contributed by atoms with E-state index in [4.69, 9.17) is 9.47 Å². The number of anilines is 3. The summed E-state index contributed by atoms with van der Waals surface area (Å²) in [5, 5.41) is 6.09. The standard InChI is InChI=1S/C21H21N3O3/c1-3-27-20-11-7-5-9-18(20)24-21(25)15-12-16(14-22-13-15)23-17-8-4-6-10-19(17)26-2/h4-14,23H,3H2,1-2H3,(H,24,25). The third-order valence-electron chi connectivity index (χ3n) is 3.82. The molecule has 3 rings (SSSR count). The first-order chi connectivity index (χ1) is 13.2. The fraction of sp³-hybridized carbons (Fsp3) is 0.143. The Morgan fingerprint density at radius 1 is 1.00 bits per heavy atom. The monoisotopic (exact) mass is 363 g/mol. The molecule has 0 aliphatic rings. The molecule has 6 heteroatoms. The van der Waals surface area contributed by atoms with Gasteiger partial charge in [-0.05, 0) is 37.3 Å². The zero-order valence-corrected chi connectivity index (χ0v) is 15.2. The first kappa shape index (κ1) is 18.3. The SMILES string of the molecule is CCOc1ccccc1NC(=O)c1cncc(Nc2ccccc2OC)c1. The Morgan fingerprint density at radius 2 is 1.70 bits per heavy atom. The number of methoxy groups -OCH3 is 1. The van der Waals surface area contributed by atoms with Crippen LogP contribution in [0.15, 0.2) is 67.0 Å². The number of ether oxygens (including phenoxy) is 2. The summed E-state index contributed by atoms with van der Waals surface area (Å²) in [4.78, 5) is 16.8. The molecule has 0 fully saturated rings. The number of nitrogens with one attached hydrogen (secondary N) is 2. The fourth-order valence-electron chi connectivity index (χ4n) is 2.58. The molecule has 3 aromatic rings. The van der Waals surface area contributed by atoms with E-state index in [0.717, 1.165) is 5.69 Å². The van der Waals surface area contributed by atoms with Crippen LogP contribution < -0.4 is 20.1 Å². The van der Waals surface area contributed by atoms with Gasteiger partial charge in [0.05, 0.1) is 42.5 Å². The number of hydrogen-bond donors (Lipinski definition) is 2. The van der Waals surface area contributed by atoms with Crippen molar-refractivity contribution >= 4 is 23.0 Å². The van der Waals surface area contributed by atoms with Gasteiger partial charge in [-0.1, -0.05) is 24.3 Å². The number of hydrogen-bond acceptors (Lipinski definition) is 5. The third-order valence-corrected chi connectivity index (χ3v) is 3.82. The lowest BCUT2D eigenvalue weighted by atomic mass is 10.2. The van der Waals surface area contributed by atoms with Crippen molar-refractivity contribution in [2.75, 3.05) is 24.4 Å². The van der Waals surface area contributed by atoms with Crippen molar-refractivity contribution in [1.29, 1.82) is 0 Å². The summed E-state index contributed by atoms with van der Waals surface area (Å²) >= 11 is 0. The van der Waals surface area contributed by atoms with Gasteiger partial charge in [0.25, 0.3) is 5.91 Å². The van der Waals surface area contributed by atoms with Crippen molar-refractivity contribution in [2.24, 2.45) is 0 Å². The maximum atomic E-state index is 12.6. The molecular formula is C21H21N3O3.